The molecule has 52 heavy (non-hydrogen) atoms. The van der Waals surface area contributed by atoms with Crippen molar-refractivity contribution in [2.24, 2.45) is 0 Å². The number of aliphatic hydroxyl groups excluding tert-OH is 1. The van der Waals surface area contributed by atoms with E-state index >= 15 is 0 Å². The average molecular weight is 716 g/mol. The highest BCUT2D eigenvalue weighted by molar-refractivity contribution is 5.88. The quantitative estimate of drug-likeness (QED) is 0.142. The lowest BCUT2D eigenvalue weighted by atomic mass is 9.80. The number of esters is 2. The maximum atomic E-state index is 13.4. The molecule has 1 saturated heterocycles. The summed E-state index contributed by atoms with van der Waals surface area (Å²) in [4.78, 5) is 53.0. The summed E-state index contributed by atoms with van der Waals surface area (Å²) >= 11 is 0. The molecule has 0 saturated carbocycles. The predicted octanol–water partition coefficient (Wildman–Crippen LogP) is 4.04. The van der Waals surface area contributed by atoms with Gasteiger partial charge in [0.2, 0.25) is 5.91 Å². The van der Waals surface area contributed by atoms with Crippen LogP contribution in [0.1, 0.15) is 61.8 Å². The van der Waals surface area contributed by atoms with E-state index in [1.165, 1.54) is 20.0 Å². The first kappa shape index (κ1) is 37.7. The van der Waals surface area contributed by atoms with Crippen LogP contribution in [0, 0.1) is 0 Å². The van der Waals surface area contributed by atoms with Crippen molar-refractivity contribution in [3.8, 4) is 11.5 Å². The molecule has 1 aliphatic rings. The normalized spacial score (nSPS) is 17.5. The maximum absolute atomic E-state index is 13.4. The lowest BCUT2D eigenvalue weighted by Gasteiger charge is -2.37. The number of nitrogens with one attached hydrogen (secondary N) is 1. The zero-order valence-corrected chi connectivity index (χ0v) is 29.4. The molecule has 0 spiro atoms. The summed E-state index contributed by atoms with van der Waals surface area (Å²) in [5.41, 5.74) is 0.424. The molecule has 274 valence electrons. The largest absolute Gasteiger partial charge is 0.497 e. The summed E-state index contributed by atoms with van der Waals surface area (Å²) in [5, 5.41) is 13.8. The zero-order valence-electron chi connectivity index (χ0n) is 29.4. The van der Waals surface area contributed by atoms with Crippen LogP contribution in [0.5, 0.6) is 11.5 Å². The number of aromatic nitrogens is 2. The topological polar surface area (TPSA) is 174 Å². The molecule has 1 amide bonds. The molecule has 0 radical (unpaired) electrons. The SMILES string of the molecule is COc1ccc(C(OC[C@H]2O[C@@H](n3cc(C(COC(C)=O)OC(C)=O)c(NC(C)=O)nc3=O)C[C@@H]2O)(c2ccccc2)c2ccc(OC)cc2)cc1. The van der Waals surface area contributed by atoms with Gasteiger partial charge < -0.3 is 38.8 Å². The summed E-state index contributed by atoms with van der Waals surface area (Å²) in [6.07, 6.45) is -2.98. The third-order valence-electron chi connectivity index (χ3n) is 8.52. The van der Waals surface area contributed by atoms with Gasteiger partial charge in [-0.3, -0.25) is 19.0 Å². The van der Waals surface area contributed by atoms with Crippen molar-refractivity contribution in [1.29, 1.82) is 0 Å². The molecule has 4 aromatic rings. The fourth-order valence-corrected chi connectivity index (χ4v) is 6.09. The van der Waals surface area contributed by atoms with Crippen LogP contribution in [0.15, 0.2) is 89.9 Å². The van der Waals surface area contributed by atoms with Crippen LogP contribution in [-0.2, 0) is 38.9 Å². The summed E-state index contributed by atoms with van der Waals surface area (Å²) in [7, 11) is 3.17. The highest BCUT2D eigenvalue weighted by Gasteiger charge is 2.42. The highest BCUT2D eigenvalue weighted by Crippen LogP contribution is 2.43. The van der Waals surface area contributed by atoms with Gasteiger partial charge in [0, 0.05) is 33.4 Å². The molecule has 14 heteroatoms. The Kier molecular flexibility index (Phi) is 12.1. The number of benzene rings is 3. The number of ether oxygens (including phenoxy) is 6. The highest BCUT2D eigenvalue weighted by atomic mass is 16.6. The molecule has 1 unspecified atom stereocenters. The van der Waals surface area contributed by atoms with Crippen molar-refractivity contribution in [3.63, 3.8) is 0 Å². The van der Waals surface area contributed by atoms with Crippen LogP contribution in [0.4, 0.5) is 5.82 Å². The first-order valence-corrected chi connectivity index (χ1v) is 16.5. The summed E-state index contributed by atoms with van der Waals surface area (Å²) in [6, 6.07) is 24.6. The molecule has 1 aromatic heterocycles. The van der Waals surface area contributed by atoms with Crippen LogP contribution in [-0.4, -0.2) is 72.1 Å². The lowest BCUT2D eigenvalue weighted by Crippen LogP contribution is -2.38. The van der Waals surface area contributed by atoms with Crippen LogP contribution < -0.4 is 20.5 Å². The molecule has 0 bridgehead atoms. The van der Waals surface area contributed by atoms with Gasteiger partial charge in [0.05, 0.1) is 32.5 Å². The van der Waals surface area contributed by atoms with Crippen LogP contribution >= 0.6 is 0 Å². The average Bonchev–Trinajstić information content (AvgIpc) is 3.50. The van der Waals surface area contributed by atoms with Crippen molar-refractivity contribution < 1.29 is 47.9 Å². The van der Waals surface area contributed by atoms with E-state index in [0.717, 1.165) is 28.2 Å². The van der Waals surface area contributed by atoms with E-state index in [1.54, 1.807) is 14.2 Å². The molecule has 14 nitrogen and oxygen atoms in total. The van der Waals surface area contributed by atoms with Crippen LogP contribution in [0.25, 0.3) is 0 Å². The Balaban J connectivity index is 1.51. The van der Waals surface area contributed by atoms with Gasteiger partial charge in [0.15, 0.2) is 6.10 Å². The number of carbonyl (C=O) groups is 3. The standard InChI is InChI=1S/C38H41N3O11/c1-23(42)39-36-31(33(51-25(3)44)21-49-24(2)43)20-41(37(46)40-36)35-19-32(45)34(52-35)22-50-38(26-9-7-6-8-10-26,27-11-15-29(47-4)16-12-27)28-13-17-30(48-5)18-14-28/h6-18,20,32-35,45H,19,21-22H2,1-5H3,(H,39,40,42,46)/t32-,33?,34+,35+/m0/s1. The molecule has 3 aromatic carbocycles. The van der Waals surface area contributed by atoms with Gasteiger partial charge in [-0.25, -0.2) is 4.79 Å². The summed E-state index contributed by atoms with van der Waals surface area (Å²) in [5.74, 6) is -0.754. The van der Waals surface area contributed by atoms with Crippen LogP contribution in [0.3, 0.4) is 0 Å². The Hall–Kier alpha value is -5.57. The second kappa shape index (κ2) is 16.6. The molecule has 5 rings (SSSR count). The first-order chi connectivity index (χ1) is 24.9. The van der Waals surface area contributed by atoms with Crippen molar-refractivity contribution in [2.75, 3.05) is 32.8 Å². The van der Waals surface area contributed by atoms with E-state index in [-0.39, 0.29) is 24.4 Å². The monoisotopic (exact) mass is 715 g/mol. The third-order valence-corrected chi connectivity index (χ3v) is 8.52. The molecule has 1 fully saturated rings. The second-order valence-corrected chi connectivity index (χ2v) is 12.1. The van der Waals surface area contributed by atoms with E-state index < -0.39 is 60.3 Å². The Bertz CT molecular complexity index is 1870. The van der Waals surface area contributed by atoms with Crippen molar-refractivity contribution >= 4 is 23.7 Å². The summed E-state index contributed by atoms with van der Waals surface area (Å²) < 4.78 is 35.7. The van der Waals surface area contributed by atoms with Gasteiger partial charge in [-0.15, -0.1) is 0 Å². The number of rotatable bonds is 14. The number of aliphatic hydroxyl groups is 1. The first-order valence-electron chi connectivity index (χ1n) is 16.5. The fraction of sp³-hybridized carbons (Fsp3) is 0.342. The van der Waals surface area contributed by atoms with E-state index in [9.17, 15) is 24.3 Å². The predicted molar refractivity (Wildman–Crippen MR) is 187 cm³/mol. The van der Waals surface area contributed by atoms with E-state index in [1.807, 2.05) is 78.9 Å². The van der Waals surface area contributed by atoms with Gasteiger partial charge in [-0.05, 0) is 41.0 Å². The lowest BCUT2D eigenvalue weighted by molar-refractivity contribution is -0.156. The molecule has 2 heterocycles. The molecular weight excluding hydrogens is 674 g/mol. The van der Waals surface area contributed by atoms with Gasteiger partial charge >= 0.3 is 17.6 Å². The minimum absolute atomic E-state index is 0.0277. The van der Waals surface area contributed by atoms with E-state index in [4.69, 9.17) is 28.4 Å². The Morgan fingerprint density at radius 2 is 1.48 bits per heavy atom. The minimum atomic E-state index is -1.23. The Labute approximate surface area is 300 Å². The number of anilines is 1. The molecule has 4 atom stereocenters. The molecule has 2 N–H and O–H groups in total. The van der Waals surface area contributed by atoms with Gasteiger partial charge in [-0.1, -0.05) is 54.6 Å². The summed E-state index contributed by atoms with van der Waals surface area (Å²) in [6.45, 7) is 3.04. The number of nitrogens with zero attached hydrogens (tertiary/aromatic N) is 2. The Morgan fingerprint density at radius 3 is 2.00 bits per heavy atom. The number of methoxy groups -OCH3 is 2. The molecule has 1 aliphatic heterocycles. The number of hydrogen-bond acceptors (Lipinski definition) is 12. The van der Waals surface area contributed by atoms with Crippen molar-refractivity contribution in [2.45, 2.75) is 57.3 Å². The number of hydrogen-bond donors (Lipinski definition) is 2. The zero-order chi connectivity index (χ0) is 37.4. The third kappa shape index (κ3) is 8.48. The van der Waals surface area contributed by atoms with Crippen LogP contribution in [0.2, 0.25) is 0 Å². The van der Waals surface area contributed by atoms with E-state index in [2.05, 4.69) is 10.3 Å². The molecule has 0 aliphatic carbocycles. The maximum Gasteiger partial charge on any atom is 0.351 e. The Morgan fingerprint density at radius 1 is 0.904 bits per heavy atom. The van der Waals surface area contributed by atoms with E-state index in [0.29, 0.717) is 11.5 Å². The fourth-order valence-electron chi connectivity index (χ4n) is 6.09. The second-order valence-electron chi connectivity index (χ2n) is 12.1. The minimum Gasteiger partial charge on any atom is -0.497 e. The van der Waals surface area contributed by atoms with Gasteiger partial charge in [0.1, 0.15) is 41.9 Å². The van der Waals surface area contributed by atoms with Crippen molar-refractivity contribution in [3.05, 3.63) is 118 Å². The van der Waals surface area contributed by atoms with Gasteiger partial charge in [-0.2, -0.15) is 4.98 Å². The number of carbonyl (C=O) groups excluding carboxylic acids is 3. The van der Waals surface area contributed by atoms with Crippen molar-refractivity contribution in [1.82, 2.24) is 9.55 Å². The van der Waals surface area contributed by atoms with Gasteiger partial charge in [0.25, 0.3) is 0 Å². The molecular formula is C38H41N3O11. The number of amides is 1. The smallest absolute Gasteiger partial charge is 0.351 e.